The van der Waals surface area contributed by atoms with Gasteiger partial charge >= 0.3 is 0 Å². The summed E-state index contributed by atoms with van der Waals surface area (Å²) in [4.78, 5) is 0. The number of hydrogen-bond acceptors (Lipinski definition) is 2. The van der Waals surface area contributed by atoms with Crippen molar-refractivity contribution in [2.45, 2.75) is 6.92 Å². The maximum Gasteiger partial charge on any atom is 0.113 e. The van der Waals surface area contributed by atoms with Gasteiger partial charge in [0.05, 0.1) is 11.9 Å². The molecule has 0 spiro atoms. The average Bonchev–Trinajstić information content (AvgIpc) is 2.98. The van der Waals surface area contributed by atoms with Gasteiger partial charge in [-0.25, -0.2) is 4.68 Å². The van der Waals surface area contributed by atoms with Gasteiger partial charge in [-0.15, -0.1) is 5.10 Å². The van der Waals surface area contributed by atoms with Gasteiger partial charge in [-0.2, -0.15) is 0 Å². The van der Waals surface area contributed by atoms with E-state index in [2.05, 4.69) is 35.9 Å². The Balaban J connectivity index is 1.90. The monoisotopic (exact) mass is 261 g/mol. The lowest BCUT2D eigenvalue weighted by molar-refractivity contribution is 0.823. The van der Waals surface area contributed by atoms with Crippen molar-refractivity contribution in [1.82, 2.24) is 15.0 Å². The van der Waals surface area contributed by atoms with Gasteiger partial charge in [0.15, 0.2) is 0 Å². The first-order valence-corrected chi connectivity index (χ1v) is 6.48. The van der Waals surface area contributed by atoms with Gasteiger partial charge in [0, 0.05) is 5.56 Å². The molecule has 0 bridgehead atoms. The Morgan fingerprint density at radius 1 is 1.00 bits per heavy atom. The largest absolute Gasteiger partial charge is 0.220 e. The lowest BCUT2D eigenvalue weighted by atomic mass is 10.1. The van der Waals surface area contributed by atoms with Crippen LogP contribution in [0.2, 0.25) is 0 Å². The van der Waals surface area contributed by atoms with Gasteiger partial charge in [-0.1, -0.05) is 72.0 Å². The van der Waals surface area contributed by atoms with Crippen LogP contribution < -0.4 is 0 Å². The van der Waals surface area contributed by atoms with Crippen molar-refractivity contribution in [3.63, 3.8) is 0 Å². The molecule has 2 aromatic carbocycles. The van der Waals surface area contributed by atoms with E-state index in [1.807, 2.05) is 48.7 Å². The van der Waals surface area contributed by atoms with Gasteiger partial charge in [0.1, 0.15) is 5.69 Å². The van der Waals surface area contributed by atoms with Gasteiger partial charge in [0.2, 0.25) is 0 Å². The summed E-state index contributed by atoms with van der Waals surface area (Å²) < 4.78 is 1.72. The maximum atomic E-state index is 4.20. The van der Waals surface area contributed by atoms with Crippen LogP contribution in [0, 0.1) is 6.92 Å². The Labute approximate surface area is 118 Å². The number of aromatic nitrogens is 3. The quantitative estimate of drug-likeness (QED) is 0.718. The zero-order valence-electron chi connectivity index (χ0n) is 11.3. The van der Waals surface area contributed by atoms with Crippen molar-refractivity contribution in [3.05, 3.63) is 78.5 Å². The number of nitrogens with zero attached hydrogens (tertiary/aromatic N) is 3. The van der Waals surface area contributed by atoms with E-state index in [-0.39, 0.29) is 0 Å². The highest BCUT2D eigenvalue weighted by atomic mass is 15.4. The van der Waals surface area contributed by atoms with Crippen molar-refractivity contribution in [2.24, 2.45) is 0 Å². The Morgan fingerprint density at radius 2 is 1.70 bits per heavy atom. The molecule has 0 atom stereocenters. The lowest BCUT2D eigenvalue weighted by Gasteiger charge is -2.05. The van der Waals surface area contributed by atoms with Crippen LogP contribution in [0.25, 0.3) is 17.0 Å². The van der Waals surface area contributed by atoms with Gasteiger partial charge < -0.3 is 0 Å². The average molecular weight is 261 g/mol. The smallest absolute Gasteiger partial charge is 0.113 e. The van der Waals surface area contributed by atoms with E-state index in [4.69, 9.17) is 0 Å². The van der Waals surface area contributed by atoms with E-state index < -0.39 is 0 Å². The van der Waals surface area contributed by atoms with Crippen molar-refractivity contribution in [2.75, 3.05) is 0 Å². The summed E-state index contributed by atoms with van der Waals surface area (Å²) >= 11 is 0. The molecule has 0 saturated heterocycles. The molecule has 0 aliphatic carbocycles. The number of aryl methyl sites for hydroxylation is 1. The van der Waals surface area contributed by atoms with Gasteiger partial charge in [0.25, 0.3) is 0 Å². The normalized spacial score (nSPS) is 10.4. The molecule has 0 saturated carbocycles. The van der Waals surface area contributed by atoms with Crippen LogP contribution in [0.4, 0.5) is 0 Å². The lowest BCUT2D eigenvalue weighted by Crippen LogP contribution is -1.98. The zero-order chi connectivity index (χ0) is 13.9. The Morgan fingerprint density at radius 3 is 2.40 bits per heavy atom. The minimum atomic E-state index is 0.819. The molecule has 0 aliphatic rings. The number of benzene rings is 2. The first-order chi connectivity index (χ1) is 9.74. The predicted octanol–water partition coefficient (Wildman–Crippen LogP) is 3.77. The zero-order valence-corrected chi connectivity index (χ0v) is 11.3. The third-order valence-corrected chi connectivity index (χ3v) is 3.22. The molecule has 0 amide bonds. The molecule has 0 fully saturated rings. The molecule has 3 nitrogen and oxygen atoms in total. The Kier molecular flexibility index (Phi) is 3.17. The standard InChI is InChI=1S/C17H15N3/c1-13-8-10-15(11-9-13)14(2)20-12-17(18-19-20)16-6-4-3-5-7-16/h3-12H,2H2,1H3. The predicted molar refractivity (Wildman–Crippen MR) is 81.1 cm³/mol. The second kappa shape index (κ2) is 5.13. The molecule has 1 aromatic heterocycles. The Bertz CT molecular complexity index is 724. The molecule has 3 rings (SSSR count). The summed E-state index contributed by atoms with van der Waals surface area (Å²) in [7, 11) is 0. The van der Waals surface area contributed by atoms with E-state index in [1.54, 1.807) is 4.68 Å². The Hall–Kier alpha value is -2.68. The minimum absolute atomic E-state index is 0.819. The van der Waals surface area contributed by atoms with E-state index >= 15 is 0 Å². The van der Waals surface area contributed by atoms with Crippen LogP contribution in [0.1, 0.15) is 11.1 Å². The molecule has 3 aromatic rings. The molecule has 0 unspecified atom stereocenters. The number of hydrogen-bond donors (Lipinski definition) is 0. The fraction of sp³-hybridized carbons (Fsp3) is 0.0588. The van der Waals surface area contributed by atoms with Crippen LogP contribution in [0.15, 0.2) is 67.4 Å². The van der Waals surface area contributed by atoms with E-state index in [1.165, 1.54) is 5.56 Å². The van der Waals surface area contributed by atoms with E-state index in [9.17, 15) is 0 Å². The highest BCUT2D eigenvalue weighted by Gasteiger charge is 2.07. The van der Waals surface area contributed by atoms with Crippen LogP contribution in [-0.2, 0) is 0 Å². The van der Waals surface area contributed by atoms with E-state index in [0.717, 1.165) is 22.5 Å². The second-order valence-electron chi connectivity index (χ2n) is 4.73. The minimum Gasteiger partial charge on any atom is -0.220 e. The fourth-order valence-corrected chi connectivity index (χ4v) is 2.02. The summed E-state index contributed by atoms with van der Waals surface area (Å²) in [6.45, 7) is 6.16. The summed E-state index contributed by atoms with van der Waals surface area (Å²) in [6.07, 6.45) is 1.90. The van der Waals surface area contributed by atoms with Crippen LogP contribution in [0.5, 0.6) is 0 Å². The third kappa shape index (κ3) is 2.38. The van der Waals surface area contributed by atoms with Crippen molar-refractivity contribution < 1.29 is 0 Å². The summed E-state index contributed by atoms with van der Waals surface area (Å²) in [5, 5.41) is 8.36. The molecule has 0 radical (unpaired) electrons. The third-order valence-electron chi connectivity index (χ3n) is 3.22. The molecule has 0 aliphatic heterocycles. The van der Waals surface area contributed by atoms with Gasteiger partial charge in [-0.05, 0) is 12.5 Å². The van der Waals surface area contributed by atoms with Crippen LogP contribution in [-0.4, -0.2) is 15.0 Å². The van der Waals surface area contributed by atoms with Crippen LogP contribution in [0.3, 0.4) is 0 Å². The maximum absolute atomic E-state index is 4.20. The molecule has 20 heavy (non-hydrogen) atoms. The van der Waals surface area contributed by atoms with Gasteiger partial charge in [-0.3, -0.25) is 0 Å². The van der Waals surface area contributed by atoms with Crippen LogP contribution >= 0.6 is 0 Å². The van der Waals surface area contributed by atoms with Crippen molar-refractivity contribution in [1.29, 1.82) is 0 Å². The summed E-state index contributed by atoms with van der Waals surface area (Å²) in [5.74, 6) is 0. The highest BCUT2D eigenvalue weighted by Crippen LogP contribution is 2.19. The van der Waals surface area contributed by atoms with Crippen molar-refractivity contribution in [3.8, 4) is 11.3 Å². The van der Waals surface area contributed by atoms with E-state index in [0.29, 0.717) is 0 Å². The highest BCUT2D eigenvalue weighted by molar-refractivity contribution is 5.65. The SMILES string of the molecule is C=C(c1ccc(C)cc1)n1cc(-c2ccccc2)nn1. The first kappa shape index (κ1) is 12.4. The second-order valence-corrected chi connectivity index (χ2v) is 4.73. The molecule has 3 heteroatoms. The molecule has 0 N–H and O–H groups in total. The molecule has 98 valence electrons. The molecular weight excluding hydrogens is 246 g/mol. The topological polar surface area (TPSA) is 30.7 Å². The summed E-state index contributed by atoms with van der Waals surface area (Å²) in [5.41, 5.74) is 4.99. The first-order valence-electron chi connectivity index (χ1n) is 6.48. The number of rotatable bonds is 3. The molecule has 1 heterocycles. The summed E-state index contributed by atoms with van der Waals surface area (Å²) in [6, 6.07) is 18.2. The molecular formula is C17H15N3. The van der Waals surface area contributed by atoms with Crippen molar-refractivity contribution >= 4 is 5.70 Å². The fourth-order valence-electron chi connectivity index (χ4n) is 2.02.